The average Bonchev–Trinajstić information content (AvgIpc) is 2.91. The number of aryl methyl sites for hydroxylation is 1. The van der Waals surface area contributed by atoms with E-state index in [0.717, 1.165) is 4.57 Å². The largest absolute Gasteiger partial charge is 0.424 e. The van der Waals surface area contributed by atoms with Gasteiger partial charge in [0, 0.05) is 45.5 Å². The summed E-state index contributed by atoms with van der Waals surface area (Å²) in [7, 11) is 1.37. The van der Waals surface area contributed by atoms with Crippen molar-refractivity contribution in [2.45, 2.75) is 44.3 Å². The van der Waals surface area contributed by atoms with Gasteiger partial charge in [-0.1, -0.05) is 0 Å². The lowest BCUT2D eigenvalue weighted by Crippen LogP contribution is -2.53. The first-order chi connectivity index (χ1) is 11.5. The summed E-state index contributed by atoms with van der Waals surface area (Å²) in [6, 6.07) is -0.480. The highest BCUT2D eigenvalue weighted by Crippen LogP contribution is 2.40. The summed E-state index contributed by atoms with van der Waals surface area (Å²) in [5.74, 6) is -0.511. The van der Waals surface area contributed by atoms with Crippen molar-refractivity contribution in [3.63, 3.8) is 0 Å². The number of amides is 2. The molecule has 3 atom stereocenters. The monoisotopic (exact) mass is 364 g/mol. The third kappa shape index (κ3) is 4.24. The number of nitrogens with one attached hydrogen (secondary N) is 1. The number of carbonyl (C=O) groups is 1. The average molecular weight is 364 g/mol. The van der Waals surface area contributed by atoms with Gasteiger partial charge < -0.3 is 24.6 Å². The molecule has 0 saturated carbocycles. The highest BCUT2D eigenvalue weighted by Gasteiger charge is 2.57. The molecule has 10 heteroatoms. The second-order valence-electron chi connectivity index (χ2n) is 6.36. The quantitative estimate of drug-likeness (QED) is 0.846. The minimum Gasteiger partial charge on any atom is -0.374 e. The zero-order valence-electron chi connectivity index (χ0n) is 14.4. The molecule has 2 heterocycles. The summed E-state index contributed by atoms with van der Waals surface area (Å²) in [6.45, 7) is 4.01. The predicted molar refractivity (Wildman–Crippen MR) is 82.8 cm³/mol. The Labute approximate surface area is 143 Å². The van der Waals surface area contributed by atoms with Gasteiger partial charge in [0.15, 0.2) is 0 Å². The van der Waals surface area contributed by atoms with E-state index in [-0.39, 0.29) is 18.8 Å². The highest BCUT2D eigenvalue weighted by molar-refractivity contribution is 5.74. The number of rotatable bonds is 4. The van der Waals surface area contributed by atoms with Crippen molar-refractivity contribution >= 4 is 6.03 Å². The van der Waals surface area contributed by atoms with Crippen LogP contribution in [0.3, 0.4) is 0 Å². The van der Waals surface area contributed by atoms with Crippen LogP contribution in [-0.2, 0) is 17.4 Å². The molecule has 0 bridgehead atoms. The van der Waals surface area contributed by atoms with Gasteiger partial charge in [0.2, 0.25) is 5.60 Å². The van der Waals surface area contributed by atoms with Crippen molar-refractivity contribution in [1.29, 1.82) is 0 Å². The second kappa shape index (κ2) is 7.20. The molecule has 3 unspecified atom stereocenters. The molecule has 7 nitrogen and oxygen atoms in total. The summed E-state index contributed by atoms with van der Waals surface area (Å²) < 4.78 is 46.8. The Morgan fingerprint density at radius 2 is 2.00 bits per heavy atom. The van der Waals surface area contributed by atoms with E-state index in [1.807, 2.05) is 13.8 Å². The van der Waals surface area contributed by atoms with Crippen molar-refractivity contribution in [1.82, 2.24) is 19.8 Å². The van der Waals surface area contributed by atoms with Crippen LogP contribution in [0, 0.1) is 0 Å². The second-order valence-corrected chi connectivity index (χ2v) is 6.36. The number of aromatic nitrogens is 2. The van der Waals surface area contributed by atoms with E-state index in [1.54, 1.807) is 0 Å². The van der Waals surface area contributed by atoms with Crippen molar-refractivity contribution in [3.8, 4) is 0 Å². The molecule has 0 aliphatic carbocycles. The van der Waals surface area contributed by atoms with Gasteiger partial charge in [-0.05, 0) is 13.8 Å². The number of halogens is 3. The first kappa shape index (κ1) is 19.5. The fraction of sp³-hybridized carbons (Fsp3) is 0.733. The maximum atomic E-state index is 13.4. The lowest BCUT2D eigenvalue weighted by molar-refractivity contribution is -0.272. The third-order valence-electron chi connectivity index (χ3n) is 4.13. The summed E-state index contributed by atoms with van der Waals surface area (Å²) in [4.78, 5) is 17.3. The number of imidazole rings is 1. The molecule has 2 N–H and O–H groups in total. The van der Waals surface area contributed by atoms with Crippen molar-refractivity contribution in [2.75, 3.05) is 19.6 Å². The van der Waals surface area contributed by atoms with Crippen molar-refractivity contribution in [2.24, 2.45) is 7.05 Å². The highest BCUT2D eigenvalue weighted by atomic mass is 19.4. The first-order valence-electron chi connectivity index (χ1n) is 7.99. The molecule has 1 saturated heterocycles. The molecular weight excluding hydrogens is 341 g/mol. The molecule has 1 fully saturated rings. The van der Waals surface area contributed by atoms with E-state index >= 15 is 0 Å². The van der Waals surface area contributed by atoms with E-state index < -0.39 is 30.1 Å². The van der Waals surface area contributed by atoms with E-state index in [1.165, 1.54) is 24.3 Å². The zero-order valence-corrected chi connectivity index (χ0v) is 14.4. The Bertz CT molecular complexity index is 597. The number of aliphatic hydroxyl groups is 1. The lowest BCUT2D eigenvalue weighted by atomic mass is 9.97. The smallest absolute Gasteiger partial charge is 0.374 e. The van der Waals surface area contributed by atoms with Crippen molar-refractivity contribution in [3.05, 3.63) is 18.2 Å². The maximum absolute atomic E-state index is 13.4. The number of morpholine rings is 1. The summed E-state index contributed by atoms with van der Waals surface area (Å²) >= 11 is 0. The van der Waals surface area contributed by atoms with Crippen LogP contribution in [-0.4, -0.2) is 63.6 Å². The SMILES string of the molecule is CC1CN(C(=O)NCCC(O)(c2nccn2C)C(F)(F)F)CC(C)O1. The number of hydrogen-bond donors (Lipinski definition) is 2. The molecule has 0 aromatic carbocycles. The fourth-order valence-electron chi connectivity index (χ4n) is 2.95. The molecule has 142 valence electrons. The number of hydrogen-bond acceptors (Lipinski definition) is 4. The van der Waals surface area contributed by atoms with Gasteiger partial charge in [0.1, 0.15) is 5.82 Å². The lowest BCUT2D eigenvalue weighted by Gasteiger charge is -2.35. The van der Waals surface area contributed by atoms with E-state index in [4.69, 9.17) is 4.74 Å². The summed E-state index contributed by atoms with van der Waals surface area (Å²) in [5, 5.41) is 12.6. The van der Waals surface area contributed by atoms with Crippen LogP contribution in [0.2, 0.25) is 0 Å². The van der Waals surface area contributed by atoms with Crippen LogP contribution < -0.4 is 5.32 Å². The van der Waals surface area contributed by atoms with Crippen LogP contribution in [0.4, 0.5) is 18.0 Å². The van der Waals surface area contributed by atoms with Crippen LogP contribution in [0.15, 0.2) is 12.4 Å². The molecule has 1 aliphatic rings. The van der Waals surface area contributed by atoms with Gasteiger partial charge in [-0.15, -0.1) is 0 Å². The zero-order chi connectivity index (χ0) is 18.8. The Balaban J connectivity index is 2.00. The molecule has 1 aliphatic heterocycles. The maximum Gasteiger partial charge on any atom is 0.424 e. The van der Waals surface area contributed by atoms with Crippen LogP contribution in [0.1, 0.15) is 26.1 Å². The Morgan fingerprint density at radius 1 is 1.40 bits per heavy atom. The fourth-order valence-corrected chi connectivity index (χ4v) is 2.95. The number of alkyl halides is 3. The van der Waals surface area contributed by atoms with Crippen molar-refractivity contribution < 1.29 is 27.8 Å². The Kier molecular flexibility index (Phi) is 5.62. The number of urea groups is 1. The molecule has 2 amide bonds. The van der Waals surface area contributed by atoms with E-state index in [9.17, 15) is 23.1 Å². The van der Waals surface area contributed by atoms with Gasteiger partial charge in [-0.2, -0.15) is 13.2 Å². The van der Waals surface area contributed by atoms with E-state index in [2.05, 4.69) is 10.3 Å². The topological polar surface area (TPSA) is 79.6 Å². The standard InChI is InChI=1S/C15H23F3N4O3/c1-10-8-22(9-11(2)25-10)13(23)20-5-4-14(24,15(16,17)18)12-19-6-7-21(12)3/h6-7,10-11,24H,4-5,8-9H2,1-3H3,(H,20,23). The van der Waals surface area contributed by atoms with Gasteiger partial charge in [0.25, 0.3) is 0 Å². The molecule has 1 aromatic heterocycles. The van der Waals surface area contributed by atoms with Crippen LogP contribution in [0.5, 0.6) is 0 Å². The summed E-state index contributed by atoms with van der Waals surface area (Å²) in [5.41, 5.74) is -3.13. The van der Waals surface area contributed by atoms with Gasteiger partial charge in [0.05, 0.1) is 12.2 Å². The number of nitrogens with zero attached hydrogens (tertiary/aromatic N) is 3. The van der Waals surface area contributed by atoms with Crippen LogP contribution in [0.25, 0.3) is 0 Å². The Morgan fingerprint density at radius 3 is 2.48 bits per heavy atom. The normalized spacial score (nSPS) is 24.0. The molecule has 25 heavy (non-hydrogen) atoms. The molecule has 0 spiro atoms. The number of ether oxygens (including phenoxy) is 1. The number of carbonyl (C=O) groups excluding carboxylic acids is 1. The molecule has 2 rings (SSSR count). The third-order valence-corrected chi connectivity index (χ3v) is 4.13. The predicted octanol–water partition coefficient (Wildman–Crippen LogP) is 1.38. The first-order valence-corrected chi connectivity index (χ1v) is 7.99. The van der Waals surface area contributed by atoms with Gasteiger partial charge >= 0.3 is 12.2 Å². The molecular formula is C15H23F3N4O3. The van der Waals surface area contributed by atoms with E-state index in [0.29, 0.717) is 13.1 Å². The minimum atomic E-state index is -4.92. The summed E-state index contributed by atoms with van der Waals surface area (Å²) in [6.07, 6.45) is -3.44. The Hall–Kier alpha value is -1.81. The molecule has 0 radical (unpaired) electrons. The van der Waals surface area contributed by atoms with Gasteiger partial charge in [-0.25, -0.2) is 9.78 Å². The molecule has 1 aromatic rings. The minimum absolute atomic E-state index is 0.144. The van der Waals surface area contributed by atoms with Crippen LogP contribution >= 0.6 is 0 Å². The van der Waals surface area contributed by atoms with Gasteiger partial charge in [-0.3, -0.25) is 0 Å².